The maximum atomic E-state index is 12.7. The van der Waals surface area contributed by atoms with Gasteiger partial charge in [-0.3, -0.25) is 24.0 Å². The van der Waals surface area contributed by atoms with Gasteiger partial charge in [0.2, 0.25) is 23.6 Å². The van der Waals surface area contributed by atoms with E-state index in [1.54, 1.807) is 0 Å². The molecular formula is C18H31N5O6. The van der Waals surface area contributed by atoms with Gasteiger partial charge in [-0.05, 0) is 38.6 Å². The van der Waals surface area contributed by atoms with E-state index in [1.807, 2.05) is 13.8 Å². The molecule has 11 heteroatoms. The van der Waals surface area contributed by atoms with E-state index in [0.29, 0.717) is 13.0 Å². The largest absolute Gasteiger partial charge is 0.480 e. The predicted molar refractivity (Wildman–Crippen MR) is 103 cm³/mol. The summed E-state index contributed by atoms with van der Waals surface area (Å²) in [5.41, 5.74) is 5.20. The van der Waals surface area contributed by atoms with Crippen LogP contribution in [0.15, 0.2) is 0 Å². The molecule has 0 aromatic rings. The van der Waals surface area contributed by atoms with Crippen molar-refractivity contribution in [3.8, 4) is 0 Å². The first-order valence-electron chi connectivity index (χ1n) is 9.66. The Labute approximate surface area is 169 Å². The number of nitrogens with two attached hydrogens (primary N) is 1. The molecule has 11 nitrogen and oxygen atoms in total. The zero-order valence-corrected chi connectivity index (χ0v) is 17.0. The highest BCUT2D eigenvalue weighted by Gasteiger charge is 2.31. The minimum atomic E-state index is -1.23. The molecule has 29 heavy (non-hydrogen) atoms. The van der Waals surface area contributed by atoms with E-state index in [-0.39, 0.29) is 12.3 Å². The fourth-order valence-corrected chi connectivity index (χ4v) is 2.94. The molecule has 1 heterocycles. The van der Waals surface area contributed by atoms with Crippen molar-refractivity contribution in [2.24, 2.45) is 11.7 Å². The number of carboxylic acids is 1. The Morgan fingerprint density at radius 3 is 2.14 bits per heavy atom. The quantitative estimate of drug-likeness (QED) is 0.231. The summed E-state index contributed by atoms with van der Waals surface area (Å²) in [5.74, 6) is -3.81. The Kier molecular flexibility index (Phi) is 9.53. The molecule has 164 valence electrons. The zero-order valence-electron chi connectivity index (χ0n) is 17.0. The van der Waals surface area contributed by atoms with Crippen molar-refractivity contribution in [2.45, 2.75) is 70.6 Å². The topological polar surface area (TPSA) is 180 Å². The predicted octanol–water partition coefficient (Wildman–Crippen LogP) is -1.78. The smallest absolute Gasteiger partial charge is 0.325 e. The monoisotopic (exact) mass is 413 g/mol. The van der Waals surface area contributed by atoms with E-state index in [1.165, 1.54) is 6.92 Å². The first kappa shape index (κ1) is 24.3. The van der Waals surface area contributed by atoms with Gasteiger partial charge in [-0.1, -0.05) is 13.8 Å². The van der Waals surface area contributed by atoms with Crippen molar-refractivity contribution in [1.29, 1.82) is 0 Å². The highest BCUT2D eigenvalue weighted by Crippen LogP contribution is 2.08. The number of carboxylic acid groups (broad SMARTS) is 1. The summed E-state index contributed by atoms with van der Waals surface area (Å²) < 4.78 is 0. The Bertz CT molecular complexity index is 632. The van der Waals surface area contributed by atoms with Crippen LogP contribution in [0, 0.1) is 5.92 Å². The summed E-state index contributed by atoms with van der Waals surface area (Å²) in [6, 6.07) is -3.85. The van der Waals surface area contributed by atoms with Gasteiger partial charge >= 0.3 is 5.97 Å². The molecule has 0 aromatic carbocycles. The number of primary amides is 1. The third-order valence-corrected chi connectivity index (χ3v) is 4.48. The molecule has 1 aliphatic rings. The summed E-state index contributed by atoms with van der Waals surface area (Å²) in [6.45, 7) is 5.66. The van der Waals surface area contributed by atoms with Crippen molar-refractivity contribution < 1.29 is 29.1 Å². The second kappa shape index (κ2) is 11.3. The molecule has 1 aliphatic heterocycles. The number of nitrogens with one attached hydrogen (secondary N) is 4. The number of carbonyl (C=O) groups excluding carboxylic acids is 4. The molecule has 0 aliphatic carbocycles. The molecule has 1 saturated heterocycles. The first-order chi connectivity index (χ1) is 13.5. The Balaban J connectivity index is 2.86. The minimum absolute atomic E-state index is 0.0121. The third-order valence-electron chi connectivity index (χ3n) is 4.48. The van der Waals surface area contributed by atoms with Crippen LogP contribution < -0.4 is 27.0 Å². The highest BCUT2D eigenvalue weighted by molar-refractivity contribution is 5.96. The molecular weight excluding hydrogens is 382 g/mol. The zero-order chi connectivity index (χ0) is 22.1. The van der Waals surface area contributed by atoms with Gasteiger partial charge in [0.15, 0.2) is 0 Å². The van der Waals surface area contributed by atoms with Crippen molar-refractivity contribution in [1.82, 2.24) is 21.3 Å². The Morgan fingerprint density at radius 1 is 1.03 bits per heavy atom. The van der Waals surface area contributed by atoms with E-state index in [0.717, 1.165) is 6.42 Å². The number of aliphatic carboxylic acids is 1. The molecule has 4 atom stereocenters. The molecule has 0 saturated carbocycles. The standard InChI is InChI=1S/C18H31N5O6/c1-9(2)7-12(16(26)21-10(3)18(28)29)22-17(27)13(8-14(19)24)23-15(25)11-5-4-6-20-11/h9-13,20H,4-8H2,1-3H3,(H2,19,24)(H,21,26)(H,22,27)(H,23,25)(H,28,29). The second-order valence-electron chi connectivity index (χ2n) is 7.64. The van der Waals surface area contributed by atoms with Crippen LogP contribution in [0.3, 0.4) is 0 Å². The highest BCUT2D eigenvalue weighted by atomic mass is 16.4. The molecule has 0 radical (unpaired) electrons. The average molecular weight is 413 g/mol. The summed E-state index contributed by atoms with van der Waals surface area (Å²) in [5, 5.41) is 19.3. The Hall–Kier alpha value is -2.69. The number of rotatable bonds is 11. The molecule has 1 rings (SSSR count). The van der Waals surface area contributed by atoms with Crippen molar-refractivity contribution >= 4 is 29.6 Å². The number of hydrogen-bond donors (Lipinski definition) is 6. The summed E-state index contributed by atoms with van der Waals surface area (Å²) in [4.78, 5) is 59.8. The van der Waals surface area contributed by atoms with Gasteiger partial charge in [-0.15, -0.1) is 0 Å². The average Bonchev–Trinajstić information content (AvgIpc) is 3.14. The summed E-state index contributed by atoms with van der Waals surface area (Å²) in [6.07, 6.45) is 1.25. The van der Waals surface area contributed by atoms with Gasteiger partial charge < -0.3 is 32.1 Å². The molecule has 7 N–H and O–H groups in total. The van der Waals surface area contributed by atoms with Gasteiger partial charge in [-0.2, -0.15) is 0 Å². The lowest BCUT2D eigenvalue weighted by molar-refractivity contribution is -0.142. The van der Waals surface area contributed by atoms with Crippen LogP contribution in [0.5, 0.6) is 0 Å². The second-order valence-corrected chi connectivity index (χ2v) is 7.64. The van der Waals surface area contributed by atoms with Crippen LogP contribution in [0.1, 0.15) is 46.5 Å². The van der Waals surface area contributed by atoms with Crippen molar-refractivity contribution in [3.63, 3.8) is 0 Å². The van der Waals surface area contributed by atoms with Crippen LogP contribution in [-0.2, 0) is 24.0 Å². The van der Waals surface area contributed by atoms with E-state index < -0.39 is 60.2 Å². The van der Waals surface area contributed by atoms with Gasteiger partial charge in [0, 0.05) is 0 Å². The molecule has 4 amide bonds. The van der Waals surface area contributed by atoms with E-state index in [9.17, 15) is 24.0 Å². The fraction of sp³-hybridized carbons (Fsp3) is 0.722. The van der Waals surface area contributed by atoms with Crippen LogP contribution in [0.4, 0.5) is 0 Å². The fourth-order valence-electron chi connectivity index (χ4n) is 2.94. The van der Waals surface area contributed by atoms with E-state index >= 15 is 0 Å². The molecule has 0 spiro atoms. The van der Waals surface area contributed by atoms with E-state index in [2.05, 4.69) is 21.3 Å². The normalized spacial score (nSPS) is 19.1. The van der Waals surface area contributed by atoms with Crippen LogP contribution in [-0.4, -0.2) is 65.4 Å². The van der Waals surface area contributed by atoms with Crippen LogP contribution in [0.2, 0.25) is 0 Å². The molecule has 0 bridgehead atoms. The van der Waals surface area contributed by atoms with Crippen molar-refractivity contribution in [2.75, 3.05) is 6.54 Å². The lowest BCUT2D eigenvalue weighted by Crippen LogP contribution is -2.57. The number of carbonyl (C=O) groups is 5. The minimum Gasteiger partial charge on any atom is -0.480 e. The molecule has 0 aromatic heterocycles. The lowest BCUT2D eigenvalue weighted by Gasteiger charge is -2.25. The van der Waals surface area contributed by atoms with Crippen LogP contribution in [0.25, 0.3) is 0 Å². The summed E-state index contributed by atoms with van der Waals surface area (Å²) in [7, 11) is 0. The maximum Gasteiger partial charge on any atom is 0.325 e. The maximum absolute atomic E-state index is 12.7. The van der Waals surface area contributed by atoms with E-state index in [4.69, 9.17) is 10.8 Å². The lowest BCUT2D eigenvalue weighted by atomic mass is 10.0. The van der Waals surface area contributed by atoms with Crippen molar-refractivity contribution in [3.05, 3.63) is 0 Å². The van der Waals surface area contributed by atoms with Gasteiger partial charge in [0.25, 0.3) is 0 Å². The first-order valence-corrected chi connectivity index (χ1v) is 9.66. The van der Waals surface area contributed by atoms with Gasteiger partial charge in [0.05, 0.1) is 12.5 Å². The van der Waals surface area contributed by atoms with Crippen LogP contribution >= 0.6 is 0 Å². The Morgan fingerprint density at radius 2 is 1.66 bits per heavy atom. The molecule has 1 fully saturated rings. The number of hydrogen-bond acceptors (Lipinski definition) is 6. The van der Waals surface area contributed by atoms with Gasteiger partial charge in [-0.25, -0.2) is 0 Å². The van der Waals surface area contributed by atoms with Gasteiger partial charge in [0.1, 0.15) is 18.1 Å². The molecule has 4 unspecified atom stereocenters. The third kappa shape index (κ3) is 8.46. The number of amides is 4. The SMILES string of the molecule is CC(C)CC(NC(=O)C(CC(N)=O)NC(=O)C1CCCN1)C(=O)NC(C)C(=O)O. The summed E-state index contributed by atoms with van der Waals surface area (Å²) >= 11 is 0.